The van der Waals surface area contributed by atoms with Gasteiger partial charge < -0.3 is 14.4 Å². The highest BCUT2D eigenvalue weighted by molar-refractivity contribution is 7.99. The SMILES string of the molecule is C=C(F)CCC(=O)N(CC12CCC(c3ccc(C4(C#N)CC4)cc3)(CC1)OC2)c1cccc(-c2ccc(NSC)cc2)c1. The third kappa shape index (κ3) is 5.96. The summed E-state index contributed by atoms with van der Waals surface area (Å²) in [4.78, 5) is 15.5. The molecule has 3 aromatic carbocycles. The van der Waals surface area contributed by atoms with Gasteiger partial charge in [0.15, 0.2) is 0 Å². The first-order valence-corrected chi connectivity index (χ1v) is 16.3. The molecule has 0 aromatic heterocycles. The fraction of sp³-hybridized carbons (Fsp3) is 0.389. The number of allylic oxidation sites excluding steroid dienone is 1. The van der Waals surface area contributed by atoms with Crippen LogP contribution in [0.15, 0.2) is 85.2 Å². The summed E-state index contributed by atoms with van der Waals surface area (Å²) >= 11 is 1.55. The van der Waals surface area contributed by atoms with Gasteiger partial charge in [0.25, 0.3) is 0 Å². The van der Waals surface area contributed by atoms with Gasteiger partial charge in [-0.3, -0.25) is 4.79 Å². The molecule has 3 aromatic rings. The Hall–Kier alpha value is -3.60. The highest BCUT2D eigenvalue weighted by atomic mass is 32.2. The number of nitriles is 1. The highest BCUT2D eigenvalue weighted by Gasteiger charge is 2.52. The van der Waals surface area contributed by atoms with Crippen molar-refractivity contribution in [3.63, 3.8) is 0 Å². The second kappa shape index (κ2) is 11.8. The molecule has 0 radical (unpaired) electrons. The fourth-order valence-electron chi connectivity index (χ4n) is 6.76. The number of rotatable bonds is 11. The van der Waals surface area contributed by atoms with Crippen LogP contribution in [0, 0.1) is 16.7 Å². The third-order valence-corrected chi connectivity index (χ3v) is 10.1. The number of carbonyl (C=O) groups excluding carboxylic acids is 1. The summed E-state index contributed by atoms with van der Waals surface area (Å²) in [6, 6.07) is 27.3. The smallest absolute Gasteiger partial charge is 0.227 e. The Morgan fingerprint density at radius 2 is 1.67 bits per heavy atom. The van der Waals surface area contributed by atoms with E-state index in [0.29, 0.717) is 13.2 Å². The molecule has 2 saturated carbocycles. The van der Waals surface area contributed by atoms with Gasteiger partial charge in [-0.05, 0) is 85.0 Å². The topological polar surface area (TPSA) is 65.4 Å². The number of benzene rings is 3. The van der Waals surface area contributed by atoms with Crippen LogP contribution in [0.4, 0.5) is 15.8 Å². The molecular weight excluding hydrogens is 557 g/mol. The van der Waals surface area contributed by atoms with E-state index in [2.05, 4.69) is 65.9 Å². The van der Waals surface area contributed by atoms with Crippen LogP contribution in [0.5, 0.6) is 0 Å². The lowest BCUT2D eigenvalue weighted by Gasteiger charge is -2.54. The number of carbonyl (C=O) groups is 1. The number of ether oxygens (including phenoxy) is 1. The van der Waals surface area contributed by atoms with E-state index < -0.39 is 5.83 Å². The Morgan fingerprint density at radius 3 is 2.26 bits per heavy atom. The number of halogens is 1. The van der Waals surface area contributed by atoms with Gasteiger partial charge in [0.2, 0.25) is 5.91 Å². The van der Waals surface area contributed by atoms with Gasteiger partial charge in [-0.1, -0.05) is 67.1 Å². The average molecular weight is 596 g/mol. The molecule has 2 aliphatic heterocycles. The first-order valence-electron chi connectivity index (χ1n) is 15.1. The third-order valence-electron chi connectivity index (χ3n) is 9.70. The zero-order chi connectivity index (χ0) is 30.1. The van der Waals surface area contributed by atoms with Crippen molar-refractivity contribution in [2.24, 2.45) is 5.41 Å². The summed E-state index contributed by atoms with van der Waals surface area (Å²) in [6.45, 7) is 4.47. The van der Waals surface area contributed by atoms with E-state index in [1.807, 2.05) is 35.4 Å². The van der Waals surface area contributed by atoms with Gasteiger partial charge in [-0.25, -0.2) is 4.39 Å². The van der Waals surface area contributed by atoms with Gasteiger partial charge in [-0.2, -0.15) is 5.26 Å². The molecule has 1 amide bonds. The molecule has 2 bridgehead atoms. The van der Waals surface area contributed by atoms with Crippen LogP contribution in [-0.4, -0.2) is 25.3 Å². The Kier molecular flexibility index (Phi) is 8.10. The molecule has 2 saturated heterocycles. The predicted molar refractivity (Wildman–Crippen MR) is 172 cm³/mol. The fourth-order valence-corrected chi connectivity index (χ4v) is 7.13. The van der Waals surface area contributed by atoms with Gasteiger partial charge in [0, 0.05) is 42.4 Å². The van der Waals surface area contributed by atoms with E-state index in [0.717, 1.165) is 66.6 Å². The average Bonchev–Trinajstić information content (AvgIpc) is 3.86. The molecule has 222 valence electrons. The molecule has 1 N–H and O–H groups in total. The van der Waals surface area contributed by atoms with Crippen LogP contribution in [0.2, 0.25) is 0 Å². The number of fused-ring (bicyclic) bond motifs is 3. The number of nitrogens with one attached hydrogen (secondary N) is 1. The summed E-state index contributed by atoms with van der Waals surface area (Å²) in [5, 5.41) is 9.59. The zero-order valence-electron chi connectivity index (χ0n) is 24.7. The van der Waals surface area contributed by atoms with Crippen molar-refractivity contribution in [1.82, 2.24) is 0 Å². The minimum absolute atomic E-state index is 0.0224. The van der Waals surface area contributed by atoms with Gasteiger partial charge in [0.05, 0.1) is 29.5 Å². The summed E-state index contributed by atoms with van der Waals surface area (Å²) in [7, 11) is 0. The first-order chi connectivity index (χ1) is 20.8. The quantitative estimate of drug-likeness (QED) is 0.225. The van der Waals surface area contributed by atoms with E-state index in [1.54, 1.807) is 11.9 Å². The minimum Gasteiger partial charge on any atom is -0.370 e. The summed E-state index contributed by atoms with van der Waals surface area (Å²) < 4.78 is 23.5. The zero-order valence-corrected chi connectivity index (χ0v) is 25.5. The van der Waals surface area contributed by atoms with Crippen LogP contribution in [-0.2, 0) is 20.5 Å². The molecule has 4 fully saturated rings. The van der Waals surface area contributed by atoms with E-state index in [9.17, 15) is 14.4 Å². The van der Waals surface area contributed by atoms with E-state index >= 15 is 0 Å². The van der Waals surface area contributed by atoms with Crippen LogP contribution in [0.3, 0.4) is 0 Å². The molecule has 2 heterocycles. The summed E-state index contributed by atoms with van der Waals surface area (Å²) in [5.41, 5.74) is 5.45. The molecule has 0 atom stereocenters. The molecule has 5 nitrogen and oxygen atoms in total. The Labute approximate surface area is 258 Å². The van der Waals surface area contributed by atoms with Crippen LogP contribution >= 0.6 is 11.9 Å². The van der Waals surface area contributed by atoms with Crippen LogP contribution < -0.4 is 9.62 Å². The number of anilines is 2. The van der Waals surface area contributed by atoms with E-state index in [-0.39, 0.29) is 35.2 Å². The van der Waals surface area contributed by atoms with Crippen LogP contribution in [0.25, 0.3) is 11.1 Å². The summed E-state index contributed by atoms with van der Waals surface area (Å²) in [6.07, 6.45) is 7.62. The lowest BCUT2D eigenvalue weighted by atomic mass is 9.64. The molecular formula is C36H38FN3O2S. The van der Waals surface area contributed by atoms with Gasteiger partial charge >= 0.3 is 0 Å². The van der Waals surface area contributed by atoms with Gasteiger partial charge in [0.1, 0.15) is 0 Å². The standard InChI is InChI=1S/C36H38FN3O2S/c1-26(37)6-15-33(41)40(32-5-3-4-28(22-32)27-7-13-31(14-8-27)39-43-2)24-34-16-20-36(21-17-34,42-25-34)30-11-9-29(10-12-30)35(23-38)18-19-35/h3-5,7-14,22,39H,1,6,15-21,24-25H2,2H3. The van der Waals surface area contributed by atoms with Crippen molar-refractivity contribution in [3.8, 4) is 17.2 Å². The molecule has 0 spiro atoms. The van der Waals surface area contributed by atoms with Crippen molar-refractivity contribution in [2.45, 2.75) is 62.4 Å². The normalized spacial score (nSPS) is 23.3. The summed E-state index contributed by atoms with van der Waals surface area (Å²) in [5.74, 6) is -0.578. The number of hydrogen-bond acceptors (Lipinski definition) is 5. The van der Waals surface area contributed by atoms with Crippen molar-refractivity contribution in [1.29, 1.82) is 5.26 Å². The van der Waals surface area contributed by atoms with Crippen LogP contribution in [0.1, 0.15) is 62.5 Å². The Balaban J connectivity index is 1.21. The maximum absolute atomic E-state index is 13.6. The van der Waals surface area contributed by atoms with Gasteiger partial charge in [-0.15, -0.1) is 0 Å². The first kappa shape index (κ1) is 29.5. The van der Waals surface area contributed by atoms with Crippen molar-refractivity contribution >= 4 is 29.2 Å². The molecule has 7 rings (SSSR count). The minimum atomic E-state index is -0.476. The Bertz CT molecular complexity index is 1520. The second-order valence-corrected chi connectivity index (χ2v) is 13.1. The van der Waals surface area contributed by atoms with E-state index in [4.69, 9.17) is 4.74 Å². The molecule has 7 heteroatoms. The van der Waals surface area contributed by atoms with Crippen molar-refractivity contribution < 1.29 is 13.9 Å². The molecule has 2 aliphatic carbocycles. The number of hydrogen-bond donors (Lipinski definition) is 1. The number of nitrogens with zero attached hydrogens (tertiary/aromatic N) is 2. The monoisotopic (exact) mass is 595 g/mol. The second-order valence-electron chi connectivity index (χ2n) is 12.5. The molecule has 43 heavy (non-hydrogen) atoms. The van der Waals surface area contributed by atoms with Crippen molar-refractivity contribution in [3.05, 3.63) is 96.3 Å². The molecule has 0 unspecified atom stereocenters. The Morgan fingerprint density at radius 1 is 0.977 bits per heavy atom. The van der Waals surface area contributed by atoms with Crippen molar-refractivity contribution in [2.75, 3.05) is 29.0 Å². The van der Waals surface area contributed by atoms with E-state index in [1.165, 1.54) is 5.56 Å². The largest absolute Gasteiger partial charge is 0.370 e. The lowest BCUT2D eigenvalue weighted by Crippen LogP contribution is -2.54. The predicted octanol–water partition coefficient (Wildman–Crippen LogP) is 8.68. The number of amides is 1. The highest BCUT2D eigenvalue weighted by Crippen LogP contribution is 2.55. The maximum atomic E-state index is 13.6. The maximum Gasteiger partial charge on any atom is 0.227 e. The molecule has 4 aliphatic rings. The lowest BCUT2D eigenvalue weighted by molar-refractivity contribution is -0.186.